The molecule has 1 aliphatic rings. The highest BCUT2D eigenvalue weighted by Gasteiger charge is 2.23. The number of nitrogens with one attached hydrogen (secondary N) is 1. The van der Waals surface area contributed by atoms with Crippen LogP contribution in [0.15, 0.2) is 12.3 Å². The number of carbonyl (C=O) groups is 1. The third-order valence-corrected chi connectivity index (χ3v) is 3.38. The van der Waals surface area contributed by atoms with Crippen molar-refractivity contribution in [1.29, 1.82) is 0 Å². The van der Waals surface area contributed by atoms with Crippen molar-refractivity contribution in [3.05, 3.63) is 17.8 Å². The second kappa shape index (κ2) is 5.12. The number of aromatic nitrogens is 2. The molecule has 0 spiro atoms. The summed E-state index contributed by atoms with van der Waals surface area (Å²) in [6.07, 6.45) is 6.09. The molecule has 0 bridgehead atoms. The van der Waals surface area contributed by atoms with E-state index in [2.05, 4.69) is 22.4 Å². The van der Waals surface area contributed by atoms with Crippen molar-refractivity contribution in [2.24, 2.45) is 5.92 Å². The first-order valence-corrected chi connectivity index (χ1v) is 6.00. The number of carboxylic acids is 1. The van der Waals surface area contributed by atoms with Gasteiger partial charge in [0, 0.05) is 6.04 Å². The van der Waals surface area contributed by atoms with Gasteiger partial charge in [-0.05, 0) is 24.8 Å². The molecule has 1 fully saturated rings. The third kappa shape index (κ3) is 2.72. The largest absolute Gasteiger partial charge is 0.478 e. The molecule has 5 heteroatoms. The van der Waals surface area contributed by atoms with Crippen LogP contribution in [0.3, 0.4) is 0 Å². The summed E-state index contributed by atoms with van der Waals surface area (Å²) in [6, 6.07) is 1.78. The van der Waals surface area contributed by atoms with E-state index in [0.29, 0.717) is 17.8 Å². The maximum Gasteiger partial charge on any atom is 0.339 e. The summed E-state index contributed by atoms with van der Waals surface area (Å²) in [6.45, 7) is 2.19. The summed E-state index contributed by atoms with van der Waals surface area (Å²) in [5, 5.41) is 19.9. The van der Waals surface area contributed by atoms with Crippen LogP contribution < -0.4 is 5.32 Å². The van der Waals surface area contributed by atoms with Crippen LogP contribution in [0.2, 0.25) is 0 Å². The Morgan fingerprint density at radius 2 is 2.24 bits per heavy atom. The Morgan fingerprint density at radius 3 is 2.94 bits per heavy atom. The highest BCUT2D eigenvalue weighted by Crippen LogP contribution is 2.26. The Hall–Kier alpha value is -1.65. The molecule has 0 aromatic carbocycles. The number of carboxylic acid groups (broad SMARTS) is 1. The van der Waals surface area contributed by atoms with Gasteiger partial charge in [0.1, 0.15) is 5.56 Å². The van der Waals surface area contributed by atoms with Crippen LogP contribution in [-0.4, -0.2) is 27.3 Å². The van der Waals surface area contributed by atoms with E-state index in [9.17, 15) is 4.79 Å². The van der Waals surface area contributed by atoms with Gasteiger partial charge >= 0.3 is 5.97 Å². The average molecular weight is 235 g/mol. The van der Waals surface area contributed by atoms with Crippen molar-refractivity contribution >= 4 is 11.8 Å². The minimum Gasteiger partial charge on any atom is -0.478 e. The Bertz CT molecular complexity index is 408. The normalized spacial score (nSPS) is 24.3. The third-order valence-electron chi connectivity index (χ3n) is 3.38. The topological polar surface area (TPSA) is 75.1 Å². The van der Waals surface area contributed by atoms with Gasteiger partial charge in [0.25, 0.3) is 0 Å². The van der Waals surface area contributed by atoms with E-state index >= 15 is 0 Å². The van der Waals surface area contributed by atoms with Crippen molar-refractivity contribution in [2.75, 3.05) is 5.32 Å². The van der Waals surface area contributed by atoms with Crippen LogP contribution >= 0.6 is 0 Å². The molecule has 1 aromatic rings. The summed E-state index contributed by atoms with van der Waals surface area (Å²) in [5.41, 5.74) is 0.192. The number of hydrogen-bond acceptors (Lipinski definition) is 4. The van der Waals surface area contributed by atoms with Crippen molar-refractivity contribution in [1.82, 2.24) is 10.2 Å². The van der Waals surface area contributed by atoms with Crippen LogP contribution in [-0.2, 0) is 0 Å². The van der Waals surface area contributed by atoms with Crippen molar-refractivity contribution in [2.45, 2.75) is 38.6 Å². The highest BCUT2D eigenvalue weighted by molar-refractivity contribution is 5.92. The number of nitrogens with zero attached hydrogens (tertiary/aromatic N) is 2. The molecular weight excluding hydrogens is 218 g/mol. The van der Waals surface area contributed by atoms with Gasteiger partial charge in [-0.15, -0.1) is 5.10 Å². The molecule has 2 atom stereocenters. The smallest absolute Gasteiger partial charge is 0.339 e. The lowest BCUT2D eigenvalue weighted by atomic mass is 9.86. The minimum atomic E-state index is -0.967. The summed E-state index contributed by atoms with van der Waals surface area (Å²) in [5.74, 6) is -0.0305. The number of aromatic carboxylic acids is 1. The molecule has 0 radical (unpaired) electrons. The molecular formula is C12H17N3O2. The Morgan fingerprint density at radius 1 is 1.47 bits per heavy atom. The predicted molar refractivity (Wildman–Crippen MR) is 64.0 cm³/mol. The van der Waals surface area contributed by atoms with Crippen LogP contribution in [0, 0.1) is 5.92 Å². The molecule has 17 heavy (non-hydrogen) atoms. The summed E-state index contributed by atoms with van der Waals surface area (Å²) < 4.78 is 0. The van der Waals surface area contributed by atoms with E-state index < -0.39 is 5.97 Å². The van der Waals surface area contributed by atoms with Crippen molar-refractivity contribution in [3.63, 3.8) is 0 Å². The molecule has 0 amide bonds. The van der Waals surface area contributed by atoms with Gasteiger partial charge in [-0.2, -0.15) is 5.10 Å². The average Bonchev–Trinajstić information content (AvgIpc) is 2.32. The quantitative estimate of drug-likeness (QED) is 0.839. The first-order chi connectivity index (χ1) is 8.18. The van der Waals surface area contributed by atoms with E-state index in [1.54, 1.807) is 0 Å². The summed E-state index contributed by atoms with van der Waals surface area (Å²) >= 11 is 0. The zero-order valence-corrected chi connectivity index (χ0v) is 9.89. The molecule has 1 aliphatic carbocycles. The summed E-state index contributed by atoms with van der Waals surface area (Å²) in [7, 11) is 0. The SMILES string of the molecule is CC1CCCCC1Nc1nnccc1C(=O)O. The first-order valence-electron chi connectivity index (χ1n) is 6.00. The van der Waals surface area contributed by atoms with Crippen molar-refractivity contribution in [3.8, 4) is 0 Å². The number of rotatable bonds is 3. The fourth-order valence-electron chi connectivity index (χ4n) is 2.32. The van der Waals surface area contributed by atoms with E-state index in [-0.39, 0.29) is 5.56 Å². The molecule has 1 saturated carbocycles. The van der Waals surface area contributed by atoms with Gasteiger partial charge in [-0.1, -0.05) is 19.8 Å². The van der Waals surface area contributed by atoms with Gasteiger partial charge in [-0.25, -0.2) is 4.79 Å². The van der Waals surface area contributed by atoms with E-state index in [0.717, 1.165) is 6.42 Å². The lowest BCUT2D eigenvalue weighted by Gasteiger charge is -2.30. The van der Waals surface area contributed by atoms with Crippen LogP contribution in [0.1, 0.15) is 43.0 Å². The monoisotopic (exact) mass is 235 g/mol. The molecule has 1 heterocycles. The Balaban J connectivity index is 2.14. The van der Waals surface area contributed by atoms with Gasteiger partial charge in [0.15, 0.2) is 5.82 Å². The number of hydrogen-bond donors (Lipinski definition) is 2. The lowest BCUT2D eigenvalue weighted by molar-refractivity contribution is 0.0697. The molecule has 2 unspecified atom stereocenters. The summed E-state index contributed by atoms with van der Waals surface area (Å²) in [4.78, 5) is 11.0. The Labute approximate surface area is 100 Å². The maximum atomic E-state index is 11.0. The predicted octanol–water partition coefficient (Wildman–Crippen LogP) is 2.17. The van der Waals surface area contributed by atoms with Gasteiger partial charge < -0.3 is 10.4 Å². The van der Waals surface area contributed by atoms with Crippen LogP contribution in [0.5, 0.6) is 0 Å². The second-order valence-corrected chi connectivity index (χ2v) is 4.61. The zero-order valence-electron chi connectivity index (χ0n) is 9.89. The standard InChI is InChI=1S/C12H17N3O2/c1-8-4-2-3-5-10(8)14-11-9(12(16)17)6-7-13-15-11/h6-8,10H,2-5H2,1H3,(H,14,15)(H,16,17). The van der Waals surface area contributed by atoms with E-state index in [4.69, 9.17) is 5.11 Å². The van der Waals surface area contributed by atoms with Crippen LogP contribution in [0.25, 0.3) is 0 Å². The van der Waals surface area contributed by atoms with Crippen molar-refractivity contribution < 1.29 is 9.90 Å². The van der Waals surface area contributed by atoms with E-state index in [1.165, 1.54) is 31.5 Å². The maximum absolute atomic E-state index is 11.0. The molecule has 0 aliphatic heterocycles. The molecule has 0 saturated heterocycles. The lowest BCUT2D eigenvalue weighted by Crippen LogP contribution is -2.31. The number of anilines is 1. The van der Waals surface area contributed by atoms with E-state index in [1.807, 2.05) is 0 Å². The minimum absolute atomic E-state index is 0.192. The fraction of sp³-hybridized carbons (Fsp3) is 0.583. The molecule has 5 nitrogen and oxygen atoms in total. The second-order valence-electron chi connectivity index (χ2n) is 4.61. The zero-order chi connectivity index (χ0) is 12.3. The highest BCUT2D eigenvalue weighted by atomic mass is 16.4. The van der Waals surface area contributed by atoms with Gasteiger partial charge in [0.2, 0.25) is 0 Å². The molecule has 2 N–H and O–H groups in total. The Kier molecular flexibility index (Phi) is 3.56. The van der Waals surface area contributed by atoms with Crippen LogP contribution in [0.4, 0.5) is 5.82 Å². The molecule has 92 valence electrons. The van der Waals surface area contributed by atoms with Gasteiger partial charge in [0.05, 0.1) is 6.20 Å². The fourth-order valence-corrected chi connectivity index (χ4v) is 2.32. The van der Waals surface area contributed by atoms with Gasteiger partial charge in [-0.3, -0.25) is 0 Å². The first kappa shape index (κ1) is 11.8. The molecule has 1 aromatic heterocycles. The molecule has 2 rings (SSSR count).